The molecule has 1 aliphatic rings. The zero-order valence-corrected chi connectivity index (χ0v) is 10.6. The van der Waals surface area contributed by atoms with E-state index < -0.39 is 12.0 Å². The van der Waals surface area contributed by atoms with Gasteiger partial charge in [0.1, 0.15) is 0 Å². The summed E-state index contributed by atoms with van der Waals surface area (Å²) < 4.78 is 0. The van der Waals surface area contributed by atoms with E-state index in [1.807, 2.05) is 0 Å². The first-order valence-corrected chi connectivity index (χ1v) is 5.87. The van der Waals surface area contributed by atoms with Crippen LogP contribution in [-0.2, 0) is 9.63 Å². The van der Waals surface area contributed by atoms with Crippen molar-refractivity contribution in [2.24, 2.45) is 5.73 Å². The van der Waals surface area contributed by atoms with Crippen molar-refractivity contribution in [2.45, 2.75) is 12.8 Å². The second kappa shape index (κ2) is 5.43. The lowest BCUT2D eigenvalue weighted by Crippen LogP contribution is -2.29. The van der Waals surface area contributed by atoms with Crippen LogP contribution in [0.3, 0.4) is 0 Å². The van der Waals surface area contributed by atoms with Crippen LogP contribution in [0.5, 0.6) is 0 Å². The number of amides is 3. The van der Waals surface area contributed by atoms with E-state index in [1.165, 1.54) is 24.3 Å². The van der Waals surface area contributed by atoms with E-state index >= 15 is 0 Å². The second-order valence-electron chi connectivity index (χ2n) is 4.20. The van der Waals surface area contributed by atoms with E-state index in [0.717, 1.165) is 5.06 Å². The highest BCUT2D eigenvalue weighted by atomic mass is 16.7. The Hall–Kier alpha value is -2.83. The molecule has 0 unspecified atom stereocenters. The van der Waals surface area contributed by atoms with E-state index in [9.17, 15) is 14.4 Å². The average molecular weight is 275 g/mol. The lowest BCUT2D eigenvalue weighted by molar-refractivity contribution is -0.151. The maximum absolute atomic E-state index is 11.6. The number of carbonyl (C=O) groups excluding carboxylic acids is 3. The number of carbonyl (C=O) groups is 3. The third-order valence-electron chi connectivity index (χ3n) is 2.73. The van der Waals surface area contributed by atoms with Crippen molar-refractivity contribution in [1.29, 1.82) is 0 Å². The van der Waals surface area contributed by atoms with Gasteiger partial charge in [-0.2, -0.15) is 0 Å². The molecule has 0 atom stereocenters. The summed E-state index contributed by atoms with van der Waals surface area (Å²) in [6, 6.07) is 5.94. The van der Waals surface area contributed by atoms with Crippen LogP contribution in [-0.4, -0.2) is 23.0 Å². The molecule has 3 amide bonds. The summed E-state index contributed by atoms with van der Waals surface area (Å²) in [5.74, 6) is -0.868. The standard InChI is InChI=1S/C13H13N3O4/c1-8-2-7-11(17)16(8)20-13(19)15-10-5-3-9(4-6-10)12(14)18/h3-6H,1-2,7H2,(H2,14,18)(H,15,19). The Morgan fingerprint density at radius 2 is 1.90 bits per heavy atom. The Labute approximate surface area is 114 Å². The van der Waals surface area contributed by atoms with Crippen molar-refractivity contribution in [1.82, 2.24) is 5.06 Å². The number of benzene rings is 1. The van der Waals surface area contributed by atoms with E-state index in [0.29, 0.717) is 23.4 Å². The number of nitrogens with one attached hydrogen (secondary N) is 1. The smallest absolute Gasteiger partial charge is 0.366 e. The topological polar surface area (TPSA) is 102 Å². The lowest BCUT2D eigenvalue weighted by atomic mass is 10.2. The van der Waals surface area contributed by atoms with E-state index in [2.05, 4.69) is 11.9 Å². The summed E-state index contributed by atoms with van der Waals surface area (Å²) in [6.07, 6.45) is -0.0630. The molecular weight excluding hydrogens is 262 g/mol. The van der Waals surface area contributed by atoms with Crippen molar-refractivity contribution in [2.75, 3.05) is 5.32 Å². The Bertz CT molecular complexity index is 564. The van der Waals surface area contributed by atoms with E-state index in [-0.39, 0.29) is 12.3 Å². The molecule has 1 fully saturated rings. The van der Waals surface area contributed by atoms with Gasteiger partial charge in [-0.05, 0) is 30.7 Å². The second-order valence-corrected chi connectivity index (χ2v) is 4.20. The van der Waals surface area contributed by atoms with Gasteiger partial charge in [0.25, 0.3) is 5.91 Å². The Balaban J connectivity index is 1.96. The summed E-state index contributed by atoms with van der Waals surface area (Å²) in [4.78, 5) is 38.8. The number of hydroxylamine groups is 2. The fourth-order valence-electron chi connectivity index (χ4n) is 1.69. The predicted molar refractivity (Wildman–Crippen MR) is 70.3 cm³/mol. The number of nitrogens with two attached hydrogens (primary N) is 1. The summed E-state index contributed by atoms with van der Waals surface area (Å²) in [6.45, 7) is 3.63. The van der Waals surface area contributed by atoms with E-state index in [4.69, 9.17) is 10.6 Å². The molecule has 0 spiro atoms. The van der Waals surface area contributed by atoms with Gasteiger partial charge in [0.2, 0.25) is 5.91 Å². The largest absolute Gasteiger partial charge is 0.436 e. The first-order chi connectivity index (χ1) is 9.47. The van der Waals surface area contributed by atoms with Gasteiger partial charge in [-0.3, -0.25) is 14.9 Å². The van der Waals surface area contributed by atoms with Crippen molar-refractivity contribution < 1.29 is 19.2 Å². The molecule has 7 heteroatoms. The molecule has 20 heavy (non-hydrogen) atoms. The first kappa shape index (κ1) is 13.6. The maximum atomic E-state index is 11.6. The minimum atomic E-state index is -0.812. The molecule has 1 heterocycles. The van der Waals surface area contributed by atoms with Crippen molar-refractivity contribution in [3.05, 3.63) is 42.1 Å². The molecule has 0 radical (unpaired) electrons. The number of rotatable bonds is 3. The van der Waals surface area contributed by atoms with Crippen molar-refractivity contribution in [3.63, 3.8) is 0 Å². The molecular formula is C13H13N3O4. The van der Waals surface area contributed by atoms with Gasteiger partial charge >= 0.3 is 6.09 Å². The number of anilines is 1. The zero-order valence-electron chi connectivity index (χ0n) is 10.6. The summed E-state index contributed by atoms with van der Waals surface area (Å²) in [7, 11) is 0. The van der Waals surface area contributed by atoms with Crippen LogP contribution in [0.1, 0.15) is 23.2 Å². The minimum absolute atomic E-state index is 0.277. The van der Waals surface area contributed by atoms with Gasteiger partial charge < -0.3 is 10.6 Å². The van der Waals surface area contributed by atoms with Gasteiger partial charge in [-0.15, -0.1) is 5.06 Å². The van der Waals surface area contributed by atoms with Crippen molar-refractivity contribution >= 4 is 23.6 Å². The molecule has 1 saturated heterocycles. The van der Waals surface area contributed by atoms with Gasteiger partial charge in [0.15, 0.2) is 0 Å². The van der Waals surface area contributed by atoms with Crippen LogP contribution in [0.2, 0.25) is 0 Å². The van der Waals surface area contributed by atoms with Gasteiger partial charge in [0, 0.05) is 17.7 Å². The van der Waals surface area contributed by atoms with Crippen LogP contribution < -0.4 is 11.1 Å². The molecule has 0 aliphatic carbocycles. The van der Waals surface area contributed by atoms with Crippen LogP contribution in [0, 0.1) is 0 Å². The fourth-order valence-corrected chi connectivity index (χ4v) is 1.69. The quantitative estimate of drug-likeness (QED) is 0.870. The minimum Gasteiger partial charge on any atom is -0.366 e. The van der Waals surface area contributed by atoms with Crippen molar-refractivity contribution in [3.8, 4) is 0 Å². The van der Waals surface area contributed by atoms with Crippen LogP contribution in [0.15, 0.2) is 36.5 Å². The molecule has 7 nitrogen and oxygen atoms in total. The number of hydrogen-bond acceptors (Lipinski definition) is 4. The predicted octanol–water partition coefficient (Wildman–Crippen LogP) is 1.39. The monoisotopic (exact) mass is 275 g/mol. The number of hydrogen-bond donors (Lipinski definition) is 2. The number of nitrogens with zero attached hydrogens (tertiary/aromatic N) is 1. The summed E-state index contributed by atoms with van der Waals surface area (Å²) in [5.41, 5.74) is 6.28. The van der Waals surface area contributed by atoms with E-state index in [1.54, 1.807) is 0 Å². The molecule has 0 bridgehead atoms. The normalized spacial score (nSPS) is 14.3. The third kappa shape index (κ3) is 2.94. The average Bonchev–Trinajstić information content (AvgIpc) is 2.71. The molecule has 104 valence electrons. The fraction of sp³-hybridized carbons (Fsp3) is 0.154. The zero-order chi connectivity index (χ0) is 14.7. The highest BCUT2D eigenvalue weighted by Crippen LogP contribution is 2.21. The summed E-state index contributed by atoms with van der Waals surface area (Å²) >= 11 is 0. The SMILES string of the molecule is C=C1CCC(=O)N1OC(=O)Nc1ccc(C(N)=O)cc1. The Morgan fingerprint density at radius 3 is 2.40 bits per heavy atom. The highest BCUT2D eigenvalue weighted by Gasteiger charge is 2.28. The van der Waals surface area contributed by atoms with Gasteiger partial charge in [-0.1, -0.05) is 6.58 Å². The number of primary amides is 1. The van der Waals surface area contributed by atoms with Gasteiger partial charge in [0.05, 0.1) is 5.70 Å². The molecule has 1 aromatic carbocycles. The van der Waals surface area contributed by atoms with Crippen LogP contribution in [0.4, 0.5) is 10.5 Å². The molecule has 1 aliphatic heterocycles. The maximum Gasteiger partial charge on any atom is 0.436 e. The Morgan fingerprint density at radius 1 is 1.25 bits per heavy atom. The van der Waals surface area contributed by atoms with Crippen LogP contribution in [0.25, 0.3) is 0 Å². The number of allylic oxidation sites excluding steroid dienone is 1. The van der Waals surface area contributed by atoms with Crippen LogP contribution >= 0.6 is 0 Å². The first-order valence-electron chi connectivity index (χ1n) is 5.87. The molecule has 3 N–H and O–H groups in total. The molecule has 0 saturated carbocycles. The summed E-state index contributed by atoms with van der Waals surface area (Å²) in [5, 5.41) is 3.31. The third-order valence-corrected chi connectivity index (χ3v) is 2.73. The highest BCUT2D eigenvalue weighted by molar-refractivity contribution is 5.94. The molecule has 2 rings (SSSR count). The molecule has 0 aromatic heterocycles. The molecule has 1 aromatic rings. The van der Waals surface area contributed by atoms with Gasteiger partial charge in [-0.25, -0.2) is 4.79 Å². The lowest BCUT2D eigenvalue weighted by Gasteiger charge is -2.16. The Kier molecular flexibility index (Phi) is 3.69.